The zero-order valence-electron chi connectivity index (χ0n) is 12.7. The van der Waals surface area contributed by atoms with Crippen molar-refractivity contribution in [3.05, 3.63) is 72.1 Å². The molecule has 3 aromatic rings. The highest BCUT2D eigenvalue weighted by atomic mass is 14.9. The molecule has 0 fully saturated rings. The lowest BCUT2D eigenvalue weighted by atomic mass is 10.0. The zero-order chi connectivity index (χ0) is 15.5. The van der Waals surface area contributed by atoms with Gasteiger partial charge < -0.3 is 9.88 Å². The van der Waals surface area contributed by atoms with Crippen LogP contribution in [-0.2, 0) is 7.05 Å². The first-order valence-electron chi connectivity index (χ1n) is 7.18. The summed E-state index contributed by atoms with van der Waals surface area (Å²) < 4.78 is 2.05. The molecule has 0 bridgehead atoms. The van der Waals surface area contributed by atoms with Crippen molar-refractivity contribution in [3.8, 4) is 6.07 Å². The highest BCUT2D eigenvalue weighted by molar-refractivity contribution is 5.97. The molecule has 0 unspecified atom stereocenters. The number of aryl methyl sites for hydroxylation is 1. The van der Waals surface area contributed by atoms with E-state index in [-0.39, 0.29) is 0 Å². The van der Waals surface area contributed by atoms with Crippen LogP contribution in [0.4, 0.5) is 5.69 Å². The molecule has 0 aliphatic heterocycles. The average molecular weight is 287 g/mol. The van der Waals surface area contributed by atoms with Crippen molar-refractivity contribution in [2.45, 2.75) is 6.92 Å². The summed E-state index contributed by atoms with van der Waals surface area (Å²) in [5.41, 5.74) is 4.58. The average Bonchev–Trinajstić information content (AvgIpc) is 2.87. The van der Waals surface area contributed by atoms with Gasteiger partial charge in [-0.25, -0.2) is 0 Å². The predicted molar refractivity (Wildman–Crippen MR) is 91.2 cm³/mol. The molecule has 0 aliphatic rings. The van der Waals surface area contributed by atoms with Gasteiger partial charge in [-0.1, -0.05) is 36.4 Å². The maximum atomic E-state index is 9.64. The molecule has 0 amide bonds. The van der Waals surface area contributed by atoms with Gasteiger partial charge in [0.2, 0.25) is 0 Å². The number of rotatable bonds is 3. The van der Waals surface area contributed by atoms with Crippen molar-refractivity contribution in [1.82, 2.24) is 4.57 Å². The zero-order valence-corrected chi connectivity index (χ0v) is 12.7. The van der Waals surface area contributed by atoms with Gasteiger partial charge >= 0.3 is 0 Å². The summed E-state index contributed by atoms with van der Waals surface area (Å²) in [6.45, 7) is 1.94. The highest BCUT2D eigenvalue weighted by Gasteiger charge is 2.13. The van der Waals surface area contributed by atoms with Gasteiger partial charge in [0, 0.05) is 41.1 Å². The molecule has 0 saturated carbocycles. The number of allylic oxidation sites excluding steroid dienone is 2. The fourth-order valence-corrected chi connectivity index (χ4v) is 2.69. The summed E-state index contributed by atoms with van der Waals surface area (Å²) >= 11 is 0. The lowest BCUT2D eigenvalue weighted by molar-refractivity contribution is 0.967. The molecule has 2 aromatic carbocycles. The van der Waals surface area contributed by atoms with Crippen LogP contribution in [0.25, 0.3) is 16.5 Å². The van der Waals surface area contributed by atoms with Crippen LogP contribution in [0.1, 0.15) is 12.5 Å². The molecule has 0 spiro atoms. The van der Waals surface area contributed by atoms with Crippen molar-refractivity contribution in [3.63, 3.8) is 0 Å². The van der Waals surface area contributed by atoms with E-state index in [9.17, 15) is 5.26 Å². The van der Waals surface area contributed by atoms with Crippen LogP contribution in [0.3, 0.4) is 0 Å². The van der Waals surface area contributed by atoms with Crippen molar-refractivity contribution >= 4 is 22.2 Å². The molecular weight excluding hydrogens is 270 g/mol. The van der Waals surface area contributed by atoms with Gasteiger partial charge in [-0.2, -0.15) is 5.26 Å². The predicted octanol–water partition coefficient (Wildman–Crippen LogP) is 4.54. The molecule has 0 aliphatic carbocycles. The summed E-state index contributed by atoms with van der Waals surface area (Å²) in [4.78, 5) is 0. The highest BCUT2D eigenvalue weighted by Crippen LogP contribution is 2.28. The summed E-state index contributed by atoms with van der Waals surface area (Å²) in [7, 11) is 2.00. The summed E-state index contributed by atoms with van der Waals surface area (Å²) in [6.07, 6.45) is 2.01. The lowest BCUT2D eigenvalue weighted by Crippen LogP contribution is -1.99. The summed E-state index contributed by atoms with van der Waals surface area (Å²) in [5.74, 6) is 0. The maximum Gasteiger partial charge on any atom is 0.102 e. The Balaban J connectivity index is 2.10. The fraction of sp³-hybridized carbons (Fsp3) is 0.105. The molecule has 108 valence electrons. The van der Waals surface area contributed by atoms with Gasteiger partial charge in [0.15, 0.2) is 0 Å². The van der Waals surface area contributed by atoms with E-state index in [0.717, 1.165) is 27.9 Å². The van der Waals surface area contributed by atoms with E-state index in [0.29, 0.717) is 5.57 Å². The Hall–Kier alpha value is -2.99. The first-order valence-corrected chi connectivity index (χ1v) is 7.18. The van der Waals surface area contributed by atoms with Crippen molar-refractivity contribution < 1.29 is 0 Å². The second-order valence-corrected chi connectivity index (χ2v) is 5.27. The number of anilines is 1. The molecule has 3 heteroatoms. The first kappa shape index (κ1) is 14.0. The van der Waals surface area contributed by atoms with Gasteiger partial charge in [0.1, 0.15) is 6.07 Å². The molecular formula is C19H17N3. The molecule has 3 rings (SSSR count). The number of nitrogens with one attached hydrogen (secondary N) is 1. The van der Waals surface area contributed by atoms with Crippen molar-refractivity contribution in [2.75, 3.05) is 5.32 Å². The number of para-hydroxylation sites is 2. The third-order valence-electron chi connectivity index (χ3n) is 3.76. The van der Waals surface area contributed by atoms with Crippen molar-refractivity contribution in [1.29, 1.82) is 5.26 Å². The summed E-state index contributed by atoms with van der Waals surface area (Å²) in [6, 6.07) is 20.4. The van der Waals surface area contributed by atoms with E-state index < -0.39 is 0 Å². The first-order chi connectivity index (χ1) is 10.7. The molecule has 1 heterocycles. The van der Waals surface area contributed by atoms with E-state index in [1.165, 1.54) is 0 Å². The van der Waals surface area contributed by atoms with Gasteiger partial charge in [0.05, 0.1) is 5.57 Å². The third-order valence-corrected chi connectivity index (χ3v) is 3.76. The minimum Gasteiger partial charge on any atom is -0.358 e. The van der Waals surface area contributed by atoms with Crippen LogP contribution in [-0.4, -0.2) is 4.57 Å². The van der Waals surface area contributed by atoms with Crippen LogP contribution in [0.5, 0.6) is 0 Å². The Morgan fingerprint density at radius 1 is 1.05 bits per heavy atom. The van der Waals surface area contributed by atoms with E-state index >= 15 is 0 Å². The Kier molecular flexibility index (Phi) is 3.67. The number of nitrogens with zero attached hydrogens (tertiary/aromatic N) is 2. The summed E-state index contributed by atoms with van der Waals surface area (Å²) in [5, 5.41) is 14.0. The molecule has 1 N–H and O–H groups in total. The minimum atomic E-state index is 0.667. The van der Waals surface area contributed by atoms with E-state index in [1.807, 2.05) is 62.6 Å². The minimum absolute atomic E-state index is 0.667. The molecule has 22 heavy (non-hydrogen) atoms. The standard InChI is InChI=1S/C19H17N3/c1-14(21-15-8-4-3-5-9-15)17(12-20)18-13-22(2)19-11-7-6-10-16(18)19/h3-11,13,21H,1-2H3. The number of hydrogen-bond donors (Lipinski definition) is 1. The molecule has 0 saturated heterocycles. The van der Waals surface area contributed by atoms with E-state index in [4.69, 9.17) is 0 Å². The second kappa shape index (κ2) is 5.79. The molecule has 0 radical (unpaired) electrons. The molecule has 1 aromatic heterocycles. The molecule has 0 atom stereocenters. The van der Waals surface area contributed by atoms with E-state index in [2.05, 4.69) is 28.1 Å². The number of benzene rings is 2. The Labute approximate surface area is 130 Å². The molecule has 3 nitrogen and oxygen atoms in total. The van der Waals surface area contributed by atoms with Gasteiger partial charge in [-0.3, -0.25) is 0 Å². The van der Waals surface area contributed by atoms with Gasteiger partial charge in [-0.05, 0) is 25.1 Å². The van der Waals surface area contributed by atoms with Crippen LogP contribution < -0.4 is 5.32 Å². The smallest absolute Gasteiger partial charge is 0.102 e. The normalized spacial score (nSPS) is 11.9. The third kappa shape index (κ3) is 2.47. The quantitative estimate of drug-likeness (QED) is 0.718. The largest absolute Gasteiger partial charge is 0.358 e. The fourth-order valence-electron chi connectivity index (χ4n) is 2.69. The number of hydrogen-bond acceptors (Lipinski definition) is 2. The second-order valence-electron chi connectivity index (χ2n) is 5.27. The number of fused-ring (bicyclic) bond motifs is 1. The Bertz CT molecular complexity index is 880. The van der Waals surface area contributed by atoms with Gasteiger partial charge in [-0.15, -0.1) is 0 Å². The Morgan fingerprint density at radius 2 is 1.73 bits per heavy atom. The van der Waals surface area contributed by atoms with Crippen LogP contribution >= 0.6 is 0 Å². The van der Waals surface area contributed by atoms with E-state index in [1.54, 1.807) is 0 Å². The van der Waals surface area contributed by atoms with Crippen molar-refractivity contribution in [2.24, 2.45) is 7.05 Å². The van der Waals surface area contributed by atoms with Crippen LogP contribution in [0.2, 0.25) is 0 Å². The topological polar surface area (TPSA) is 40.8 Å². The number of aromatic nitrogens is 1. The monoisotopic (exact) mass is 287 g/mol. The Morgan fingerprint density at radius 3 is 2.45 bits per heavy atom. The van der Waals surface area contributed by atoms with Crippen LogP contribution in [0.15, 0.2) is 66.5 Å². The van der Waals surface area contributed by atoms with Crippen LogP contribution in [0, 0.1) is 11.3 Å². The van der Waals surface area contributed by atoms with Gasteiger partial charge in [0.25, 0.3) is 0 Å². The lowest BCUT2D eigenvalue weighted by Gasteiger charge is -2.09. The SMILES string of the molecule is CC(Nc1ccccc1)=C(C#N)c1cn(C)c2ccccc12. The maximum absolute atomic E-state index is 9.64. The number of nitriles is 1.